The molecule has 1 aromatic heterocycles. The van der Waals surface area contributed by atoms with E-state index in [4.69, 9.17) is 0 Å². The van der Waals surface area contributed by atoms with Crippen LogP contribution in [0.4, 0.5) is 5.82 Å². The Balaban J connectivity index is 1.76. The van der Waals surface area contributed by atoms with Gasteiger partial charge in [-0.05, 0) is 25.0 Å². The number of amides is 2. The van der Waals surface area contributed by atoms with Crippen molar-refractivity contribution in [1.29, 1.82) is 0 Å². The number of carbonyl (C=O) groups is 2. The Morgan fingerprint density at radius 1 is 1.11 bits per heavy atom. The first-order valence-corrected chi connectivity index (χ1v) is 6.29. The Morgan fingerprint density at radius 2 is 1.74 bits per heavy atom. The molecule has 0 radical (unpaired) electrons. The predicted octanol–water partition coefficient (Wildman–Crippen LogP) is 2.09. The second-order valence-electron chi connectivity index (χ2n) is 4.95. The zero-order valence-corrected chi connectivity index (χ0v) is 10.1. The van der Waals surface area contributed by atoms with Gasteiger partial charge in [-0.3, -0.25) is 14.7 Å². The Hall–Kier alpha value is -2.43. The molecule has 1 fully saturated rings. The van der Waals surface area contributed by atoms with Crippen LogP contribution in [0.1, 0.15) is 45.2 Å². The van der Waals surface area contributed by atoms with E-state index in [9.17, 15) is 9.59 Å². The van der Waals surface area contributed by atoms with Crippen LogP contribution >= 0.6 is 0 Å². The highest BCUT2D eigenvalue weighted by molar-refractivity contribution is 6.34. The van der Waals surface area contributed by atoms with Gasteiger partial charge < -0.3 is 0 Å². The molecule has 0 saturated heterocycles. The number of nitrogens with zero attached hydrogens (tertiary/aromatic N) is 2. The molecule has 2 heterocycles. The molecule has 1 N–H and O–H groups in total. The number of imide groups is 1. The molecular formula is C14H11N3O2. The van der Waals surface area contributed by atoms with Gasteiger partial charge >= 0.3 is 0 Å². The van der Waals surface area contributed by atoms with Gasteiger partial charge in [0.25, 0.3) is 11.8 Å². The summed E-state index contributed by atoms with van der Waals surface area (Å²) in [4.78, 5) is 25.7. The average molecular weight is 253 g/mol. The minimum Gasteiger partial charge on any atom is -0.280 e. The van der Waals surface area contributed by atoms with Gasteiger partial charge in [0.2, 0.25) is 0 Å². The van der Waals surface area contributed by atoms with E-state index in [1.54, 1.807) is 30.3 Å². The van der Waals surface area contributed by atoms with Gasteiger partial charge in [0.05, 0.1) is 11.1 Å². The maximum Gasteiger partial charge on any atom is 0.267 e. The molecule has 1 aromatic carbocycles. The van der Waals surface area contributed by atoms with E-state index < -0.39 is 0 Å². The van der Waals surface area contributed by atoms with Crippen LogP contribution in [-0.2, 0) is 0 Å². The van der Waals surface area contributed by atoms with E-state index in [0.717, 1.165) is 23.4 Å². The minimum atomic E-state index is -0.297. The molecule has 0 atom stereocenters. The summed E-state index contributed by atoms with van der Waals surface area (Å²) in [6, 6.07) is 8.66. The van der Waals surface area contributed by atoms with Crippen molar-refractivity contribution in [3.05, 3.63) is 47.2 Å². The quantitative estimate of drug-likeness (QED) is 0.833. The van der Waals surface area contributed by atoms with Gasteiger partial charge in [0.15, 0.2) is 5.82 Å². The zero-order valence-electron chi connectivity index (χ0n) is 10.1. The van der Waals surface area contributed by atoms with Crippen LogP contribution in [0.15, 0.2) is 30.3 Å². The second kappa shape index (κ2) is 3.54. The van der Waals surface area contributed by atoms with Crippen molar-refractivity contribution < 1.29 is 9.59 Å². The number of aromatic amines is 1. The lowest BCUT2D eigenvalue weighted by Gasteiger charge is -2.08. The number of rotatable bonds is 2. The Labute approximate surface area is 109 Å². The van der Waals surface area contributed by atoms with Crippen molar-refractivity contribution in [3.63, 3.8) is 0 Å². The van der Waals surface area contributed by atoms with Crippen molar-refractivity contribution in [3.8, 4) is 0 Å². The van der Waals surface area contributed by atoms with E-state index in [1.165, 1.54) is 0 Å². The van der Waals surface area contributed by atoms with Crippen LogP contribution in [0, 0.1) is 0 Å². The molecule has 5 nitrogen and oxygen atoms in total. The van der Waals surface area contributed by atoms with Crippen LogP contribution in [0.3, 0.4) is 0 Å². The fraction of sp³-hybridized carbons (Fsp3) is 0.214. The number of H-pyrrole nitrogens is 1. The third kappa shape index (κ3) is 1.44. The van der Waals surface area contributed by atoms with Crippen molar-refractivity contribution >= 4 is 17.6 Å². The summed E-state index contributed by atoms with van der Waals surface area (Å²) in [6.45, 7) is 0. The topological polar surface area (TPSA) is 66.1 Å². The molecule has 1 aliphatic carbocycles. The number of carbonyl (C=O) groups excluding carboxylic acids is 2. The summed E-state index contributed by atoms with van der Waals surface area (Å²) >= 11 is 0. The van der Waals surface area contributed by atoms with Crippen LogP contribution in [0.5, 0.6) is 0 Å². The predicted molar refractivity (Wildman–Crippen MR) is 68.1 cm³/mol. The molecule has 1 saturated carbocycles. The lowest BCUT2D eigenvalue weighted by Crippen LogP contribution is -2.29. The fourth-order valence-corrected chi connectivity index (χ4v) is 2.44. The van der Waals surface area contributed by atoms with Gasteiger partial charge in [-0.15, -0.1) is 0 Å². The largest absolute Gasteiger partial charge is 0.280 e. The molecular weight excluding hydrogens is 242 g/mol. The summed E-state index contributed by atoms with van der Waals surface area (Å²) in [6.07, 6.45) is 2.29. The first kappa shape index (κ1) is 10.5. The molecule has 0 spiro atoms. The normalized spacial score (nSPS) is 18.0. The smallest absolute Gasteiger partial charge is 0.267 e. The molecule has 0 bridgehead atoms. The van der Waals surface area contributed by atoms with E-state index >= 15 is 0 Å². The number of fused-ring (bicyclic) bond motifs is 1. The molecule has 2 aromatic rings. The lowest BCUT2D eigenvalue weighted by atomic mass is 10.1. The van der Waals surface area contributed by atoms with Gasteiger partial charge in [-0.1, -0.05) is 12.1 Å². The lowest BCUT2D eigenvalue weighted by molar-refractivity contribution is 0.0925. The molecule has 1 aliphatic heterocycles. The summed E-state index contributed by atoms with van der Waals surface area (Å²) in [5.74, 6) is 0.313. The number of anilines is 1. The van der Waals surface area contributed by atoms with E-state index in [-0.39, 0.29) is 11.8 Å². The number of hydrogen-bond acceptors (Lipinski definition) is 3. The summed E-state index contributed by atoms with van der Waals surface area (Å²) in [5, 5.41) is 7.02. The molecule has 2 aliphatic rings. The van der Waals surface area contributed by atoms with Crippen molar-refractivity contribution in [2.24, 2.45) is 0 Å². The highest BCUT2D eigenvalue weighted by Gasteiger charge is 2.38. The Morgan fingerprint density at radius 3 is 2.32 bits per heavy atom. The Kier molecular flexibility index (Phi) is 1.95. The number of aromatic nitrogens is 2. The van der Waals surface area contributed by atoms with Gasteiger partial charge in [0, 0.05) is 17.7 Å². The third-order valence-corrected chi connectivity index (χ3v) is 3.62. The van der Waals surface area contributed by atoms with E-state index in [0.29, 0.717) is 22.9 Å². The zero-order chi connectivity index (χ0) is 13.0. The van der Waals surface area contributed by atoms with Crippen molar-refractivity contribution in [1.82, 2.24) is 10.2 Å². The van der Waals surface area contributed by atoms with Crippen LogP contribution in [0.2, 0.25) is 0 Å². The van der Waals surface area contributed by atoms with Crippen LogP contribution < -0.4 is 4.90 Å². The monoisotopic (exact) mass is 253 g/mol. The number of nitrogens with one attached hydrogen (secondary N) is 1. The SMILES string of the molecule is O=C1c2ccccc2C(=O)N1c1cc(C2CC2)[nH]n1. The molecule has 4 rings (SSSR count). The maximum atomic E-state index is 12.3. The molecule has 0 unspecified atom stereocenters. The van der Waals surface area contributed by atoms with Gasteiger partial charge in [0.1, 0.15) is 0 Å². The summed E-state index contributed by atoms with van der Waals surface area (Å²) in [7, 11) is 0. The minimum absolute atomic E-state index is 0.297. The van der Waals surface area contributed by atoms with Crippen molar-refractivity contribution in [2.45, 2.75) is 18.8 Å². The van der Waals surface area contributed by atoms with E-state index in [1.807, 2.05) is 0 Å². The number of benzene rings is 1. The summed E-state index contributed by atoms with van der Waals surface area (Å²) < 4.78 is 0. The van der Waals surface area contributed by atoms with Crippen molar-refractivity contribution in [2.75, 3.05) is 4.90 Å². The average Bonchev–Trinajstić information content (AvgIpc) is 3.12. The molecule has 94 valence electrons. The first-order chi connectivity index (χ1) is 9.25. The van der Waals surface area contributed by atoms with Crippen LogP contribution in [0.25, 0.3) is 0 Å². The molecule has 19 heavy (non-hydrogen) atoms. The van der Waals surface area contributed by atoms with Crippen LogP contribution in [-0.4, -0.2) is 22.0 Å². The standard InChI is InChI=1S/C14H11N3O2/c18-13-9-3-1-2-4-10(9)14(19)17(13)12-7-11(15-16-12)8-5-6-8/h1-4,7-8H,5-6H2,(H,15,16). The summed E-state index contributed by atoms with van der Waals surface area (Å²) in [5.41, 5.74) is 1.90. The van der Waals surface area contributed by atoms with Gasteiger partial charge in [-0.2, -0.15) is 5.10 Å². The second-order valence-corrected chi connectivity index (χ2v) is 4.95. The fourth-order valence-electron chi connectivity index (χ4n) is 2.44. The molecule has 5 heteroatoms. The van der Waals surface area contributed by atoms with Gasteiger partial charge in [-0.25, -0.2) is 4.90 Å². The molecule has 2 amide bonds. The third-order valence-electron chi connectivity index (χ3n) is 3.62. The highest BCUT2D eigenvalue weighted by Crippen LogP contribution is 2.40. The highest BCUT2D eigenvalue weighted by atomic mass is 16.2. The van der Waals surface area contributed by atoms with E-state index in [2.05, 4.69) is 10.2 Å². The maximum absolute atomic E-state index is 12.3. The Bertz CT molecular complexity index is 665. The number of hydrogen-bond donors (Lipinski definition) is 1. The first-order valence-electron chi connectivity index (χ1n) is 6.29.